The van der Waals surface area contributed by atoms with Gasteiger partial charge in [0.1, 0.15) is 17.2 Å². The van der Waals surface area contributed by atoms with Gasteiger partial charge in [0.25, 0.3) is 0 Å². The molecule has 2 aromatic rings. The van der Waals surface area contributed by atoms with E-state index >= 15 is 0 Å². The molecular weight excluding hydrogens is 239 g/mol. The number of hydrogen-bond donors (Lipinski definition) is 2. The third-order valence-electron chi connectivity index (χ3n) is 2.46. The van der Waals surface area contributed by atoms with Crippen LogP contribution in [0.25, 0.3) is 0 Å². The van der Waals surface area contributed by atoms with Gasteiger partial charge >= 0.3 is 5.97 Å². The maximum absolute atomic E-state index is 13.1. The third kappa shape index (κ3) is 2.13. The molecule has 1 aromatic carbocycles. The highest BCUT2D eigenvalue weighted by molar-refractivity contribution is 6.08. The van der Waals surface area contributed by atoms with Crippen LogP contribution in [0, 0.1) is 12.7 Å². The minimum absolute atomic E-state index is 0.0154. The van der Waals surface area contributed by atoms with Crippen LogP contribution in [-0.4, -0.2) is 27.1 Å². The molecule has 0 amide bonds. The van der Waals surface area contributed by atoms with E-state index in [1.807, 2.05) is 0 Å². The summed E-state index contributed by atoms with van der Waals surface area (Å²) >= 11 is 0. The first-order chi connectivity index (χ1) is 8.49. The van der Waals surface area contributed by atoms with Crippen molar-refractivity contribution in [1.82, 2.24) is 10.2 Å². The van der Waals surface area contributed by atoms with Gasteiger partial charge in [-0.25, -0.2) is 9.18 Å². The Balaban J connectivity index is 2.35. The number of aromatic carboxylic acids is 1. The molecule has 2 N–H and O–H groups in total. The van der Waals surface area contributed by atoms with E-state index in [0.29, 0.717) is 5.56 Å². The summed E-state index contributed by atoms with van der Waals surface area (Å²) < 4.78 is 13.1. The number of ketones is 1. The molecule has 1 aromatic heterocycles. The van der Waals surface area contributed by atoms with Gasteiger partial charge in [-0.15, -0.1) is 0 Å². The lowest BCUT2D eigenvalue weighted by molar-refractivity contribution is 0.0690. The van der Waals surface area contributed by atoms with Crippen molar-refractivity contribution in [2.24, 2.45) is 0 Å². The van der Waals surface area contributed by atoms with Crippen LogP contribution in [0.2, 0.25) is 0 Å². The average Bonchev–Trinajstić information content (AvgIpc) is 2.81. The molecule has 0 atom stereocenters. The van der Waals surface area contributed by atoms with Crippen molar-refractivity contribution in [2.75, 3.05) is 0 Å². The number of carboxylic acid groups (broad SMARTS) is 1. The number of carbonyl (C=O) groups excluding carboxylic acids is 1. The quantitative estimate of drug-likeness (QED) is 0.811. The summed E-state index contributed by atoms with van der Waals surface area (Å²) in [5.74, 6) is -2.06. The van der Waals surface area contributed by atoms with Crippen molar-refractivity contribution in [2.45, 2.75) is 6.92 Å². The predicted octanol–water partition coefficient (Wildman–Crippen LogP) is 1.79. The molecule has 0 saturated heterocycles. The Hall–Kier alpha value is -2.50. The normalized spacial score (nSPS) is 10.3. The zero-order chi connectivity index (χ0) is 13.3. The lowest BCUT2D eigenvalue weighted by Crippen LogP contribution is -2.02. The number of nitrogens with one attached hydrogen (secondary N) is 1. The molecule has 0 fully saturated rings. The van der Waals surface area contributed by atoms with E-state index in [2.05, 4.69) is 10.2 Å². The summed E-state index contributed by atoms with van der Waals surface area (Å²) in [6, 6.07) is 5.06. The molecule has 0 radical (unpaired) electrons. The van der Waals surface area contributed by atoms with Gasteiger partial charge in [-0.3, -0.25) is 9.89 Å². The summed E-state index contributed by atoms with van der Waals surface area (Å²) in [5.41, 5.74) is 0.419. The number of hydrogen-bond acceptors (Lipinski definition) is 3. The van der Waals surface area contributed by atoms with Gasteiger partial charge in [0.2, 0.25) is 5.78 Å². The number of aryl methyl sites for hydroxylation is 1. The van der Waals surface area contributed by atoms with E-state index in [0.717, 1.165) is 6.07 Å². The van der Waals surface area contributed by atoms with Crippen molar-refractivity contribution in [3.05, 3.63) is 52.6 Å². The Morgan fingerprint density at radius 2 is 2.06 bits per heavy atom. The summed E-state index contributed by atoms with van der Waals surface area (Å²) in [4.78, 5) is 22.6. The van der Waals surface area contributed by atoms with Crippen molar-refractivity contribution in [1.29, 1.82) is 0 Å². The van der Waals surface area contributed by atoms with E-state index in [1.54, 1.807) is 6.92 Å². The highest BCUT2D eigenvalue weighted by atomic mass is 19.1. The summed E-state index contributed by atoms with van der Waals surface area (Å²) in [6.45, 7) is 1.54. The van der Waals surface area contributed by atoms with E-state index < -0.39 is 17.6 Å². The molecule has 92 valence electrons. The fourth-order valence-corrected chi connectivity index (χ4v) is 1.48. The molecule has 2 rings (SSSR count). The molecule has 6 heteroatoms. The van der Waals surface area contributed by atoms with Gasteiger partial charge in [-0.2, -0.15) is 5.10 Å². The second-order valence-electron chi connectivity index (χ2n) is 3.77. The number of carboxylic acids is 1. The van der Waals surface area contributed by atoms with Crippen molar-refractivity contribution in [3.8, 4) is 0 Å². The van der Waals surface area contributed by atoms with Gasteiger partial charge in [0, 0.05) is 11.6 Å². The summed E-state index contributed by atoms with van der Waals surface area (Å²) in [6.07, 6.45) is 0. The van der Waals surface area contributed by atoms with E-state index in [1.165, 1.54) is 18.2 Å². The number of nitrogens with zero attached hydrogens (tertiary/aromatic N) is 1. The fraction of sp³-hybridized carbons (Fsp3) is 0.0833. The smallest absolute Gasteiger partial charge is 0.353 e. The minimum Gasteiger partial charge on any atom is -0.477 e. The molecular formula is C12H9FN2O3. The monoisotopic (exact) mass is 248 g/mol. The molecule has 0 spiro atoms. The first kappa shape index (κ1) is 12.0. The zero-order valence-electron chi connectivity index (χ0n) is 9.40. The molecule has 0 bridgehead atoms. The Bertz CT molecular complexity index is 634. The Labute approximate surface area is 101 Å². The minimum atomic E-state index is -1.20. The topological polar surface area (TPSA) is 83.0 Å². The molecule has 5 nitrogen and oxygen atoms in total. The molecule has 18 heavy (non-hydrogen) atoms. The second-order valence-corrected chi connectivity index (χ2v) is 3.77. The lowest BCUT2D eigenvalue weighted by Gasteiger charge is -2.00. The highest BCUT2D eigenvalue weighted by Gasteiger charge is 2.16. The van der Waals surface area contributed by atoms with Crippen LogP contribution in [0.5, 0.6) is 0 Å². The molecule has 0 aliphatic heterocycles. The fourth-order valence-electron chi connectivity index (χ4n) is 1.48. The van der Waals surface area contributed by atoms with Crippen LogP contribution in [0.1, 0.15) is 32.1 Å². The molecule has 0 aliphatic carbocycles. The second kappa shape index (κ2) is 4.40. The van der Waals surface area contributed by atoms with E-state index in [-0.39, 0.29) is 17.0 Å². The van der Waals surface area contributed by atoms with Crippen LogP contribution in [-0.2, 0) is 0 Å². The Morgan fingerprint density at radius 3 is 2.61 bits per heavy atom. The number of carbonyl (C=O) groups is 2. The van der Waals surface area contributed by atoms with Crippen molar-refractivity contribution >= 4 is 11.8 Å². The van der Waals surface area contributed by atoms with E-state index in [4.69, 9.17) is 5.11 Å². The number of aromatic amines is 1. The molecule has 1 heterocycles. The van der Waals surface area contributed by atoms with Gasteiger partial charge in [0.15, 0.2) is 0 Å². The number of rotatable bonds is 3. The Kier molecular flexibility index (Phi) is 2.93. The van der Waals surface area contributed by atoms with E-state index in [9.17, 15) is 14.0 Å². The SMILES string of the molecule is Cc1cc(C(=O)c2cc(C(=O)O)[nH]n2)ccc1F. The largest absolute Gasteiger partial charge is 0.477 e. The van der Waals surface area contributed by atoms with Gasteiger partial charge < -0.3 is 5.11 Å². The standard InChI is InChI=1S/C12H9FN2O3/c1-6-4-7(2-3-8(6)13)11(16)9-5-10(12(17)18)15-14-9/h2-5H,1H3,(H,14,15)(H,17,18). The maximum Gasteiger partial charge on any atom is 0.353 e. The average molecular weight is 248 g/mol. The summed E-state index contributed by atoms with van der Waals surface area (Å²) in [5, 5.41) is 14.6. The number of H-pyrrole nitrogens is 1. The van der Waals surface area contributed by atoms with Crippen molar-refractivity contribution < 1.29 is 19.1 Å². The Morgan fingerprint density at radius 1 is 1.33 bits per heavy atom. The number of halogens is 1. The first-order valence-corrected chi connectivity index (χ1v) is 5.08. The maximum atomic E-state index is 13.1. The van der Waals surface area contributed by atoms with Crippen molar-refractivity contribution in [3.63, 3.8) is 0 Å². The zero-order valence-corrected chi connectivity index (χ0v) is 9.40. The highest BCUT2D eigenvalue weighted by Crippen LogP contribution is 2.13. The molecule has 0 saturated carbocycles. The third-order valence-corrected chi connectivity index (χ3v) is 2.46. The van der Waals surface area contributed by atoms with Gasteiger partial charge in [-0.1, -0.05) is 0 Å². The molecule has 0 unspecified atom stereocenters. The van der Waals surface area contributed by atoms with Gasteiger partial charge in [-0.05, 0) is 30.7 Å². The van der Waals surface area contributed by atoms with Crippen LogP contribution < -0.4 is 0 Å². The van der Waals surface area contributed by atoms with Crippen LogP contribution in [0.3, 0.4) is 0 Å². The number of benzene rings is 1. The van der Waals surface area contributed by atoms with Gasteiger partial charge in [0.05, 0.1) is 0 Å². The first-order valence-electron chi connectivity index (χ1n) is 5.08. The number of aromatic nitrogens is 2. The molecule has 0 aliphatic rings. The van der Waals surface area contributed by atoms with Crippen LogP contribution in [0.15, 0.2) is 24.3 Å². The lowest BCUT2D eigenvalue weighted by atomic mass is 10.1. The van der Waals surface area contributed by atoms with Crippen LogP contribution in [0.4, 0.5) is 4.39 Å². The van der Waals surface area contributed by atoms with Crippen LogP contribution >= 0.6 is 0 Å². The predicted molar refractivity (Wildman–Crippen MR) is 60.1 cm³/mol. The summed E-state index contributed by atoms with van der Waals surface area (Å²) in [7, 11) is 0.